The Morgan fingerprint density at radius 2 is 0.803 bits per heavy atom. The van der Waals surface area contributed by atoms with E-state index in [1.807, 2.05) is 21.1 Å². The molecule has 0 bridgehead atoms. The molecule has 0 saturated carbocycles. The van der Waals surface area contributed by atoms with E-state index in [4.69, 9.17) is 18.5 Å². The summed E-state index contributed by atoms with van der Waals surface area (Å²) >= 11 is 0. The number of quaternary nitrogens is 1. The number of rotatable bonds is 54. The summed E-state index contributed by atoms with van der Waals surface area (Å²) in [4.78, 5) is 35.3. The molecule has 1 N–H and O–H groups in total. The van der Waals surface area contributed by atoms with Crippen molar-refractivity contribution in [2.75, 3.05) is 47.5 Å². The van der Waals surface area contributed by atoms with E-state index in [0.717, 1.165) is 70.6 Å². The minimum Gasteiger partial charge on any atom is -0.462 e. The minimum absolute atomic E-state index is 0.0336. The molecule has 0 aliphatic carbocycles. The first-order valence-electron chi connectivity index (χ1n) is 29.5. The van der Waals surface area contributed by atoms with Crippen LogP contribution in [0.3, 0.4) is 0 Å². The number of unbranched alkanes of at least 4 members (excludes halogenated alkanes) is 30. The summed E-state index contributed by atoms with van der Waals surface area (Å²) in [7, 11) is 1.49. The molecule has 0 aliphatic heterocycles. The highest BCUT2D eigenvalue weighted by Gasteiger charge is 2.27. The van der Waals surface area contributed by atoms with Gasteiger partial charge in [-0.15, -0.1) is 0 Å². The van der Waals surface area contributed by atoms with Crippen LogP contribution in [0.5, 0.6) is 0 Å². The van der Waals surface area contributed by atoms with Gasteiger partial charge < -0.3 is 18.9 Å². The molecule has 0 amide bonds. The number of phosphoric ester groups is 1. The van der Waals surface area contributed by atoms with Gasteiger partial charge in [-0.3, -0.25) is 18.6 Å². The summed E-state index contributed by atoms with van der Waals surface area (Å²) in [5, 5.41) is 0. The Hall–Kier alpha value is -2.29. The van der Waals surface area contributed by atoms with Crippen LogP contribution >= 0.6 is 7.82 Å². The SMILES string of the molecule is CC/C=C\C/C=C\C/C=C\C/C=C\C/C=C\CCCCCCCCCCCCCCCCCCCCCCCCCCCC(=O)OC(COC(=O)CCCCCCCC)COP(=O)(O)OCC[N+](C)(C)C. The molecule has 0 aliphatic rings. The number of hydrogen-bond donors (Lipinski definition) is 1. The lowest BCUT2D eigenvalue weighted by Gasteiger charge is -2.24. The van der Waals surface area contributed by atoms with Crippen molar-refractivity contribution in [3.63, 3.8) is 0 Å². The Balaban J connectivity index is 3.74. The molecule has 2 atom stereocenters. The number of ether oxygens (including phenoxy) is 2. The highest BCUT2D eigenvalue weighted by Crippen LogP contribution is 2.43. The predicted octanol–water partition coefficient (Wildman–Crippen LogP) is 18.3. The first-order chi connectivity index (χ1) is 34.5. The van der Waals surface area contributed by atoms with Crippen LogP contribution in [0.15, 0.2) is 60.8 Å². The molecule has 9 nitrogen and oxygen atoms in total. The quantitative estimate of drug-likeness (QED) is 0.0211. The maximum Gasteiger partial charge on any atom is 0.472 e. The molecule has 0 fully saturated rings. The van der Waals surface area contributed by atoms with Crippen molar-refractivity contribution in [3.05, 3.63) is 60.8 Å². The van der Waals surface area contributed by atoms with Crippen molar-refractivity contribution >= 4 is 19.8 Å². The van der Waals surface area contributed by atoms with Crippen molar-refractivity contribution in [3.8, 4) is 0 Å². The van der Waals surface area contributed by atoms with E-state index < -0.39 is 26.5 Å². The highest BCUT2D eigenvalue weighted by atomic mass is 31.2. The van der Waals surface area contributed by atoms with Gasteiger partial charge in [0.1, 0.15) is 19.8 Å². The second-order valence-corrected chi connectivity index (χ2v) is 22.5. The Morgan fingerprint density at radius 3 is 1.20 bits per heavy atom. The topological polar surface area (TPSA) is 108 Å². The second kappa shape index (κ2) is 52.6. The average Bonchev–Trinajstić information content (AvgIpc) is 3.33. The van der Waals surface area contributed by atoms with Crippen molar-refractivity contribution in [1.29, 1.82) is 0 Å². The van der Waals surface area contributed by atoms with E-state index in [1.165, 1.54) is 161 Å². The van der Waals surface area contributed by atoms with Crippen LogP contribution in [0.2, 0.25) is 0 Å². The highest BCUT2D eigenvalue weighted by molar-refractivity contribution is 7.47. The second-order valence-electron chi connectivity index (χ2n) is 21.0. The first-order valence-corrected chi connectivity index (χ1v) is 31.0. The van der Waals surface area contributed by atoms with Crippen molar-refractivity contribution in [2.45, 2.75) is 270 Å². The van der Waals surface area contributed by atoms with Crippen molar-refractivity contribution in [1.82, 2.24) is 0 Å². The maximum absolute atomic E-state index is 12.7. The molecule has 2 unspecified atom stereocenters. The number of esters is 2. The molecule has 0 spiro atoms. The molecule has 0 aromatic carbocycles. The lowest BCUT2D eigenvalue weighted by atomic mass is 10.0. The molecule has 0 heterocycles. The molecule has 414 valence electrons. The molecule has 0 aromatic rings. The molecule has 0 rings (SSSR count). The monoisotopic (exact) mass is 1020 g/mol. The zero-order valence-electron chi connectivity index (χ0n) is 47.0. The summed E-state index contributed by atoms with van der Waals surface area (Å²) < 4.78 is 34.3. The van der Waals surface area contributed by atoms with Gasteiger partial charge in [0, 0.05) is 12.8 Å². The number of carbonyl (C=O) groups is 2. The zero-order chi connectivity index (χ0) is 52.0. The van der Waals surface area contributed by atoms with Gasteiger partial charge in [0.05, 0.1) is 27.7 Å². The summed E-state index contributed by atoms with van der Waals surface area (Å²) in [6, 6.07) is 0. The molecule has 0 saturated heterocycles. The van der Waals surface area contributed by atoms with Crippen LogP contribution < -0.4 is 0 Å². The summed E-state index contributed by atoms with van der Waals surface area (Å²) in [6.07, 6.45) is 68.0. The average molecular weight is 1020 g/mol. The van der Waals surface area contributed by atoms with E-state index in [1.54, 1.807) is 0 Å². The third kappa shape index (κ3) is 56.9. The summed E-state index contributed by atoms with van der Waals surface area (Å²) in [6.45, 7) is 4.26. The van der Waals surface area contributed by atoms with Crippen LogP contribution in [0, 0.1) is 0 Å². The number of nitrogens with zero attached hydrogens (tertiary/aromatic N) is 1. The Bertz CT molecular complexity index is 1380. The minimum atomic E-state index is -4.37. The first kappa shape index (κ1) is 68.7. The molecule has 71 heavy (non-hydrogen) atoms. The van der Waals surface area contributed by atoms with E-state index in [0.29, 0.717) is 17.4 Å². The van der Waals surface area contributed by atoms with Crippen LogP contribution in [0.1, 0.15) is 264 Å². The van der Waals surface area contributed by atoms with Gasteiger partial charge in [-0.05, 0) is 57.8 Å². The third-order valence-electron chi connectivity index (χ3n) is 12.8. The lowest BCUT2D eigenvalue weighted by Crippen LogP contribution is -2.37. The largest absolute Gasteiger partial charge is 0.472 e. The number of hydrogen-bond acceptors (Lipinski definition) is 7. The van der Waals surface area contributed by atoms with Crippen molar-refractivity contribution < 1.29 is 42.1 Å². The van der Waals surface area contributed by atoms with Gasteiger partial charge in [0.25, 0.3) is 0 Å². The Labute approximate surface area is 438 Å². The van der Waals surface area contributed by atoms with E-state index >= 15 is 0 Å². The summed E-state index contributed by atoms with van der Waals surface area (Å²) in [5.41, 5.74) is 0. The van der Waals surface area contributed by atoms with Gasteiger partial charge >= 0.3 is 19.8 Å². The fourth-order valence-corrected chi connectivity index (χ4v) is 9.02. The summed E-state index contributed by atoms with van der Waals surface area (Å²) in [5.74, 6) is -0.798. The molecular weight excluding hydrogens is 906 g/mol. The van der Waals surface area contributed by atoms with Gasteiger partial charge in [-0.25, -0.2) is 4.57 Å². The number of phosphoric acid groups is 1. The number of likely N-dealkylation sites (N-methyl/N-ethyl adjacent to an activating group) is 1. The van der Waals surface area contributed by atoms with E-state index in [9.17, 15) is 19.0 Å². The van der Waals surface area contributed by atoms with E-state index in [2.05, 4.69) is 74.6 Å². The van der Waals surface area contributed by atoms with Crippen LogP contribution in [0.4, 0.5) is 0 Å². The fraction of sp³-hybridized carbons (Fsp3) is 0.803. The van der Waals surface area contributed by atoms with Gasteiger partial charge in [0.2, 0.25) is 0 Å². The van der Waals surface area contributed by atoms with Gasteiger partial charge in [-0.1, -0.05) is 254 Å². The number of carbonyl (C=O) groups excluding carboxylic acids is 2. The Kier molecular flexibility index (Phi) is 50.9. The van der Waals surface area contributed by atoms with Crippen LogP contribution in [-0.4, -0.2) is 74.9 Å². The third-order valence-corrected chi connectivity index (χ3v) is 13.8. The molecular formula is C61H113NO8P+. The van der Waals surface area contributed by atoms with Crippen LogP contribution in [-0.2, 0) is 32.7 Å². The molecule has 10 heteroatoms. The molecule has 0 aromatic heterocycles. The van der Waals surface area contributed by atoms with Crippen LogP contribution in [0.25, 0.3) is 0 Å². The van der Waals surface area contributed by atoms with Gasteiger partial charge in [-0.2, -0.15) is 0 Å². The normalized spacial score (nSPS) is 13.7. The van der Waals surface area contributed by atoms with E-state index in [-0.39, 0.29) is 32.0 Å². The number of allylic oxidation sites excluding steroid dienone is 10. The zero-order valence-corrected chi connectivity index (χ0v) is 47.9. The molecule has 0 radical (unpaired) electrons. The predicted molar refractivity (Wildman–Crippen MR) is 303 cm³/mol. The van der Waals surface area contributed by atoms with Gasteiger partial charge in [0.15, 0.2) is 6.10 Å². The lowest BCUT2D eigenvalue weighted by molar-refractivity contribution is -0.870. The maximum atomic E-state index is 12.7. The van der Waals surface area contributed by atoms with Crippen molar-refractivity contribution in [2.24, 2.45) is 0 Å². The smallest absolute Gasteiger partial charge is 0.462 e. The Morgan fingerprint density at radius 1 is 0.451 bits per heavy atom. The standard InChI is InChI=1S/C61H112NO8P/c1-6-8-10-12-14-15-16-17-18-19-20-21-22-23-24-25-26-27-28-29-30-31-32-33-34-35-36-37-38-39-40-41-42-43-44-45-46-47-48-50-52-54-61(64)70-59(57-67-60(63)53-51-49-13-11-9-7-2)58-69-71(65,66)68-56-55-62(3,4)5/h8,10,14-15,17-18,20-21,23-24,59H,6-7,9,11-13,16,19,22,25-58H2,1-5H3/p+1/b10-8-,15-14-,18-17-,21-20-,24-23-. The fourth-order valence-electron chi connectivity index (χ4n) is 8.28.